The van der Waals surface area contributed by atoms with Gasteiger partial charge in [0.05, 0.1) is 6.54 Å². The number of nitrogens with two attached hydrogens (primary N) is 1. The Morgan fingerprint density at radius 2 is 2.19 bits per heavy atom. The van der Waals surface area contributed by atoms with Crippen LogP contribution < -0.4 is 16.4 Å². The summed E-state index contributed by atoms with van der Waals surface area (Å²) in [5.74, 6) is -0.292. The van der Waals surface area contributed by atoms with Crippen LogP contribution in [-0.2, 0) is 9.59 Å². The Hall–Kier alpha value is -1.10. The van der Waals surface area contributed by atoms with Gasteiger partial charge in [0.15, 0.2) is 0 Å². The standard InChI is InChI=1S/C11H21N3O2/c1-11(2,8-4-3-5-13-6-8)10(16)14-7-9(12)15/h8,13H,3-7H2,1-2H3,(H2,12,15)(H,14,16). The Morgan fingerprint density at radius 3 is 2.69 bits per heavy atom. The summed E-state index contributed by atoms with van der Waals surface area (Å²) < 4.78 is 0. The van der Waals surface area contributed by atoms with Crippen LogP contribution in [-0.4, -0.2) is 31.4 Å². The molecule has 1 unspecified atom stereocenters. The van der Waals surface area contributed by atoms with Crippen LogP contribution in [0.25, 0.3) is 0 Å². The second-order valence-electron chi connectivity index (χ2n) is 4.91. The molecule has 0 bridgehead atoms. The highest BCUT2D eigenvalue weighted by atomic mass is 16.2. The third-order valence-corrected chi connectivity index (χ3v) is 3.33. The van der Waals surface area contributed by atoms with Crippen molar-refractivity contribution >= 4 is 11.8 Å². The Balaban J connectivity index is 2.53. The summed E-state index contributed by atoms with van der Waals surface area (Å²) in [6.07, 6.45) is 2.14. The Morgan fingerprint density at radius 1 is 1.50 bits per heavy atom. The van der Waals surface area contributed by atoms with Crippen LogP contribution >= 0.6 is 0 Å². The van der Waals surface area contributed by atoms with Gasteiger partial charge in [0.25, 0.3) is 0 Å². The van der Waals surface area contributed by atoms with Gasteiger partial charge in [-0.05, 0) is 31.8 Å². The number of nitrogens with one attached hydrogen (secondary N) is 2. The molecule has 1 aliphatic heterocycles. The highest BCUT2D eigenvalue weighted by Crippen LogP contribution is 2.31. The van der Waals surface area contributed by atoms with Crippen LogP contribution in [0, 0.1) is 11.3 Å². The number of amides is 2. The highest BCUT2D eigenvalue weighted by Gasteiger charge is 2.37. The lowest BCUT2D eigenvalue weighted by atomic mass is 9.74. The fraction of sp³-hybridized carbons (Fsp3) is 0.818. The molecule has 16 heavy (non-hydrogen) atoms. The number of piperidine rings is 1. The van der Waals surface area contributed by atoms with Crippen molar-refractivity contribution in [3.05, 3.63) is 0 Å². The number of hydrogen-bond acceptors (Lipinski definition) is 3. The van der Waals surface area contributed by atoms with Crippen LogP contribution in [0.2, 0.25) is 0 Å². The van der Waals surface area contributed by atoms with E-state index >= 15 is 0 Å². The zero-order chi connectivity index (χ0) is 12.2. The molecule has 0 radical (unpaired) electrons. The maximum absolute atomic E-state index is 11.9. The summed E-state index contributed by atoms with van der Waals surface area (Å²) >= 11 is 0. The summed E-state index contributed by atoms with van der Waals surface area (Å²) in [6.45, 7) is 5.64. The van der Waals surface area contributed by atoms with Crippen LogP contribution in [0.1, 0.15) is 26.7 Å². The molecule has 1 aliphatic rings. The quantitative estimate of drug-likeness (QED) is 0.612. The van der Waals surface area contributed by atoms with Crippen molar-refractivity contribution in [1.29, 1.82) is 0 Å². The van der Waals surface area contributed by atoms with E-state index in [-0.39, 0.29) is 12.5 Å². The van der Waals surface area contributed by atoms with Crippen molar-refractivity contribution in [2.24, 2.45) is 17.1 Å². The average Bonchev–Trinajstić information content (AvgIpc) is 2.27. The Bertz CT molecular complexity index is 270. The Kier molecular flexibility index (Phi) is 4.29. The van der Waals surface area contributed by atoms with Gasteiger partial charge >= 0.3 is 0 Å². The predicted molar refractivity (Wildman–Crippen MR) is 61.6 cm³/mol. The summed E-state index contributed by atoms with van der Waals surface area (Å²) in [5.41, 5.74) is 4.54. The van der Waals surface area contributed by atoms with Gasteiger partial charge in [-0.2, -0.15) is 0 Å². The second-order valence-corrected chi connectivity index (χ2v) is 4.91. The SMILES string of the molecule is CC(C)(C(=O)NCC(N)=O)C1CCCNC1. The molecule has 5 nitrogen and oxygen atoms in total. The number of rotatable bonds is 4. The largest absolute Gasteiger partial charge is 0.368 e. The molecular weight excluding hydrogens is 206 g/mol. The van der Waals surface area contributed by atoms with Crippen LogP contribution in [0.5, 0.6) is 0 Å². The summed E-state index contributed by atoms with van der Waals surface area (Å²) in [5, 5.41) is 5.87. The van der Waals surface area contributed by atoms with Crippen molar-refractivity contribution in [1.82, 2.24) is 10.6 Å². The smallest absolute Gasteiger partial charge is 0.236 e. The molecule has 1 saturated heterocycles. The van der Waals surface area contributed by atoms with Crippen molar-refractivity contribution in [2.75, 3.05) is 19.6 Å². The first kappa shape index (κ1) is 13.0. The second kappa shape index (κ2) is 5.30. The van der Waals surface area contributed by atoms with E-state index in [1.165, 1.54) is 0 Å². The fourth-order valence-corrected chi connectivity index (χ4v) is 2.05. The first-order valence-electron chi connectivity index (χ1n) is 5.72. The molecule has 0 saturated carbocycles. The molecule has 0 spiro atoms. The van der Waals surface area contributed by atoms with Gasteiger partial charge in [0, 0.05) is 5.41 Å². The molecule has 1 heterocycles. The van der Waals surface area contributed by atoms with Crippen LogP contribution in [0.15, 0.2) is 0 Å². The summed E-state index contributed by atoms with van der Waals surface area (Å²) in [6, 6.07) is 0. The van der Waals surface area contributed by atoms with Gasteiger partial charge in [-0.1, -0.05) is 13.8 Å². The predicted octanol–water partition coefficient (Wildman–Crippen LogP) is -0.386. The van der Waals surface area contributed by atoms with E-state index in [4.69, 9.17) is 5.73 Å². The minimum atomic E-state index is -0.508. The van der Waals surface area contributed by atoms with Crippen molar-refractivity contribution in [3.63, 3.8) is 0 Å². The van der Waals surface area contributed by atoms with Gasteiger partial charge < -0.3 is 16.4 Å². The zero-order valence-corrected chi connectivity index (χ0v) is 10.0. The molecule has 0 aromatic rings. The maximum Gasteiger partial charge on any atom is 0.236 e. The lowest BCUT2D eigenvalue weighted by Crippen LogP contribution is -2.48. The molecule has 4 N–H and O–H groups in total. The van der Waals surface area contributed by atoms with Crippen molar-refractivity contribution in [3.8, 4) is 0 Å². The lowest BCUT2D eigenvalue weighted by molar-refractivity contribution is -0.134. The molecule has 0 aromatic heterocycles. The molecule has 1 fully saturated rings. The highest BCUT2D eigenvalue weighted by molar-refractivity contribution is 5.87. The van der Waals surface area contributed by atoms with E-state index in [1.807, 2.05) is 13.8 Å². The number of primary amides is 1. The van der Waals surface area contributed by atoms with E-state index in [0.717, 1.165) is 25.9 Å². The molecule has 5 heteroatoms. The first-order chi connectivity index (χ1) is 7.44. The zero-order valence-electron chi connectivity index (χ0n) is 10.0. The minimum absolute atomic E-state index is 0.0809. The van der Waals surface area contributed by atoms with E-state index in [0.29, 0.717) is 5.92 Å². The van der Waals surface area contributed by atoms with E-state index in [1.54, 1.807) is 0 Å². The third-order valence-electron chi connectivity index (χ3n) is 3.33. The third kappa shape index (κ3) is 3.20. The molecular formula is C11H21N3O2. The summed E-state index contributed by atoms with van der Waals surface area (Å²) in [7, 11) is 0. The average molecular weight is 227 g/mol. The number of carbonyl (C=O) groups excluding carboxylic acids is 2. The molecule has 92 valence electrons. The molecule has 1 atom stereocenters. The van der Waals surface area contributed by atoms with E-state index < -0.39 is 11.3 Å². The monoisotopic (exact) mass is 227 g/mol. The normalized spacial score (nSPS) is 21.5. The fourth-order valence-electron chi connectivity index (χ4n) is 2.05. The topological polar surface area (TPSA) is 84.2 Å². The number of carbonyl (C=O) groups is 2. The summed E-state index contributed by atoms with van der Waals surface area (Å²) in [4.78, 5) is 22.5. The minimum Gasteiger partial charge on any atom is -0.368 e. The maximum atomic E-state index is 11.9. The molecule has 2 amide bonds. The molecule has 1 rings (SSSR count). The van der Waals surface area contributed by atoms with Gasteiger partial charge in [-0.3, -0.25) is 9.59 Å². The van der Waals surface area contributed by atoms with Crippen LogP contribution in [0.3, 0.4) is 0 Å². The van der Waals surface area contributed by atoms with E-state index in [9.17, 15) is 9.59 Å². The molecule has 0 aromatic carbocycles. The van der Waals surface area contributed by atoms with Gasteiger partial charge in [0.2, 0.25) is 11.8 Å². The number of hydrogen-bond donors (Lipinski definition) is 3. The Labute approximate surface area is 96.1 Å². The van der Waals surface area contributed by atoms with Gasteiger partial charge in [0.1, 0.15) is 0 Å². The van der Waals surface area contributed by atoms with Crippen molar-refractivity contribution in [2.45, 2.75) is 26.7 Å². The van der Waals surface area contributed by atoms with Gasteiger partial charge in [-0.25, -0.2) is 0 Å². The lowest BCUT2D eigenvalue weighted by Gasteiger charge is -2.35. The molecule has 0 aliphatic carbocycles. The van der Waals surface area contributed by atoms with Gasteiger partial charge in [-0.15, -0.1) is 0 Å². The van der Waals surface area contributed by atoms with Crippen molar-refractivity contribution < 1.29 is 9.59 Å². The van der Waals surface area contributed by atoms with Crippen LogP contribution in [0.4, 0.5) is 0 Å². The first-order valence-corrected chi connectivity index (χ1v) is 5.72. The van der Waals surface area contributed by atoms with E-state index in [2.05, 4.69) is 10.6 Å².